The van der Waals surface area contributed by atoms with Gasteiger partial charge in [0, 0.05) is 18.0 Å². The summed E-state index contributed by atoms with van der Waals surface area (Å²) in [4.78, 5) is 17.1. The van der Waals surface area contributed by atoms with Gasteiger partial charge in [0.15, 0.2) is 0 Å². The third-order valence-electron chi connectivity index (χ3n) is 4.53. The fraction of sp³-hybridized carbons (Fsp3) is 0.200. The molecular formula is C20H18FN3O2. The molecule has 0 atom stereocenters. The first-order valence-electron chi connectivity index (χ1n) is 8.44. The molecule has 5 nitrogen and oxygen atoms in total. The fourth-order valence-corrected chi connectivity index (χ4v) is 3.26. The van der Waals surface area contributed by atoms with Gasteiger partial charge in [0.1, 0.15) is 17.3 Å². The van der Waals surface area contributed by atoms with Gasteiger partial charge in [-0.05, 0) is 43.3 Å². The van der Waals surface area contributed by atoms with Crippen LogP contribution in [0.2, 0.25) is 0 Å². The summed E-state index contributed by atoms with van der Waals surface area (Å²) in [5.74, 6) is 0.0363. The Labute approximate surface area is 149 Å². The molecule has 6 heteroatoms. The Morgan fingerprint density at radius 2 is 1.96 bits per heavy atom. The number of hydrogen-bond donors (Lipinski definition) is 0. The lowest BCUT2D eigenvalue weighted by atomic mass is 10.2. The molecule has 0 amide bonds. The number of esters is 1. The van der Waals surface area contributed by atoms with E-state index in [-0.39, 0.29) is 12.4 Å². The van der Waals surface area contributed by atoms with Gasteiger partial charge in [-0.15, -0.1) is 0 Å². The number of carbonyl (C=O) groups is 1. The van der Waals surface area contributed by atoms with Crippen molar-refractivity contribution in [3.8, 4) is 0 Å². The molecule has 2 heterocycles. The highest BCUT2D eigenvalue weighted by atomic mass is 19.1. The quantitative estimate of drug-likeness (QED) is 0.524. The Morgan fingerprint density at radius 1 is 1.15 bits per heavy atom. The standard InChI is InChI=1S/C20H18FN3O2/c1-3-26-20(25)18-11-13-10-14(21)8-9-16(13)24(18)12-19-22-15-6-4-5-7-17(15)23(19)2/h4-11H,3,12H2,1-2H3. The maximum atomic E-state index is 13.6. The number of hydrogen-bond acceptors (Lipinski definition) is 3. The number of fused-ring (bicyclic) bond motifs is 2. The van der Waals surface area contributed by atoms with Gasteiger partial charge in [-0.2, -0.15) is 0 Å². The van der Waals surface area contributed by atoms with Gasteiger partial charge in [0.25, 0.3) is 0 Å². The summed E-state index contributed by atoms with van der Waals surface area (Å²) in [6.45, 7) is 2.42. The van der Waals surface area contributed by atoms with E-state index in [9.17, 15) is 9.18 Å². The van der Waals surface area contributed by atoms with Gasteiger partial charge in [-0.3, -0.25) is 0 Å². The van der Waals surface area contributed by atoms with Crippen LogP contribution in [0.25, 0.3) is 21.9 Å². The minimum Gasteiger partial charge on any atom is -0.461 e. The van der Waals surface area contributed by atoms with Crippen molar-refractivity contribution >= 4 is 27.9 Å². The molecule has 4 aromatic rings. The molecule has 0 fully saturated rings. The first-order chi connectivity index (χ1) is 12.6. The third kappa shape index (κ3) is 2.63. The first kappa shape index (κ1) is 16.3. The predicted molar refractivity (Wildman–Crippen MR) is 97.7 cm³/mol. The normalized spacial score (nSPS) is 11.3. The molecule has 0 aliphatic rings. The van der Waals surface area contributed by atoms with Crippen LogP contribution in [-0.2, 0) is 18.3 Å². The van der Waals surface area contributed by atoms with Gasteiger partial charge in [0.2, 0.25) is 0 Å². The number of ether oxygens (including phenoxy) is 1. The Hall–Kier alpha value is -3.15. The number of nitrogens with zero attached hydrogens (tertiary/aromatic N) is 3. The Morgan fingerprint density at radius 3 is 2.73 bits per heavy atom. The monoisotopic (exact) mass is 351 g/mol. The smallest absolute Gasteiger partial charge is 0.354 e. The molecule has 0 N–H and O–H groups in total. The van der Waals surface area contributed by atoms with Crippen molar-refractivity contribution in [2.24, 2.45) is 7.05 Å². The van der Waals surface area contributed by atoms with Crippen LogP contribution < -0.4 is 0 Å². The van der Waals surface area contributed by atoms with Crippen molar-refractivity contribution in [2.75, 3.05) is 6.61 Å². The van der Waals surface area contributed by atoms with Crippen molar-refractivity contribution in [1.29, 1.82) is 0 Å². The second kappa shape index (κ2) is 6.29. The van der Waals surface area contributed by atoms with Crippen LogP contribution in [0.15, 0.2) is 48.5 Å². The third-order valence-corrected chi connectivity index (χ3v) is 4.53. The summed E-state index contributed by atoms with van der Waals surface area (Å²) in [6, 6.07) is 14.0. The number of aromatic nitrogens is 3. The van der Waals surface area contributed by atoms with Gasteiger partial charge in [-0.1, -0.05) is 12.1 Å². The summed E-state index contributed by atoms with van der Waals surface area (Å²) < 4.78 is 22.6. The fourth-order valence-electron chi connectivity index (χ4n) is 3.26. The molecule has 0 aliphatic heterocycles. The molecule has 0 saturated heterocycles. The Kier molecular flexibility index (Phi) is 3.95. The molecule has 0 bridgehead atoms. The minimum absolute atomic E-state index is 0.279. The molecule has 0 saturated carbocycles. The lowest BCUT2D eigenvalue weighted by Gasteiger charge is -2.10. The molecule has 132 valence electrons. The summed E-state index contributed by atoms with van der Waals surface area (Å²) in [5, 5.41) is 0.659. The second-order valence-electron chi connectivity index (χ2n) is 6.12. The average molecular weight is 351 g/mol. The van der Waals surface area contributed by atoms with E-state index in [2.05, 4.69) is 4.98 Å². The minimum atomic E-state index is -0.428. The zero-order chi connectivity index (χ0) is 18.3. The number of halogens is 1. The lowest BCUT2D eigenvalue weighted by molar-refractivity contribution is 0.0515. The van der Waals surface area contributed by atoms with Gasteiger partial charge in [0.05, 0.1) is 24.2 Å². The van der Waals surface area contributed by atoms with Crippen molar-refractivity contribution in [3.63, 3.8) is 0 Å². The van der Waals surface area contributed by atoms with Crippen LogP contribution in [-0.4, -0.2) is 26.7 Å². The summed E-state index contributed by atoms with van der Waals surface area (Å²) in [5.41, 5.74) is 3.06. The Bertz CT molecular complexity index is 1130. The molecule has 4 rings (SSSR count). The first-order valence-corrected chi connectivity index (χ1v) is 8.44. The number of aryl methyl sites for hydroxylation is 1. The van der Waals surface area contributed by atoms with Crippen molar-refractivity contribution < 1.29 is 13.9 Å². The molecule has 0 spiro atoms. The summed E-state index contributed by atoms with van der Waals surface area (Å²) in [7, 11) is 1.94. The van der Waals surface area contributed by atoms with Crippen LogP contribution in [0.5, 0.6) is 0 Å². The topological polar surface area (TPSA) is 49.1 Å². The zero-order valence-electron chi connectivity index (χ0n) is 14.6. The van der Waals surface area contributed by atoms with Gasteiger partial charge in [-0.25, -0.2) is 14.2 Å². The summed E-state index contributed by atoms with van der Waals surface area (Å²) >= 11 is 0. The van der Waals surface area contributed by atoms with E-state index >= 15 is 0 Å². The largest absolute Gasteiger partial charge is 0.461 e. The maximum absolute atomic E-state index is 13.6. The highest BCUT2D eigenvalue weighted by Gasteiger charge is 2.19. The average Bonchev–Trinajstić information content (AvgIpc) is 3.14. The van der Waals surface area contributed by atoms with Crippen molar-refractivity contribution in [2.45, 2.75) is 13.5 Å². The molecule has 0 aliphatic carbocycles. The van der Waals surface area contributed by atoms with E-state index in [0.717, 1.165) is 22.4 Å². The highest BCUT2D eigenvalue weighted by Crippen LogP contribution is 2.24. The van der Waals surface area contributed by atoms with Crippen LogP contribution >= 0.6 is 0 Å². The molecule has 0 unspecified atom stereocenters. The van der Waals surface area contributed by atoms with E-state index in [1.165, 1.54) is 12.1 Å². The van der Waals surface area contributed by atoms with Crippen molar-refractivity contribution in [1.82, 2.24) is 14.1 Å². The van der Waals surface area contributed by atoms with E-state index in [1.54, 1.807) is 19.1 Å². The van der Waals surface area contributed by atoms with Crippen LogP contribution in [0.1, 0.15) is 23.2 Å². The van der Waals surface area contributed by atoms with Gasteiger partial charge >= 0.3 is 5.97 Å². The molecule has 2 aromatic heterocycles. The highest BCUT2D eigenvalue weighted by molar-refractivity contribution is 5.95. The van der Waals surface area contributed by atoms with Crippen molar-refractivity contribution in [3.05, 3.63) is 65.9 Å². The number of benzene rings is 2. The Balaban J connectivity index is 1.87. The van der Waals surface area contributed by atoms with E-state index < -0.39 is 5.97 Å². The lowest BCUT2D eigenvalue weighted by Crippen LogP contribution is -2.14. The molecule has 0 radical (unpaired) electrons. The SMILES string of the molecule is CCOC(=O)c1cc2cc(F)ccc2n1Cc1nc2ccccc2n1C. The second-order valence-corrected chi connectivity index (χ2v) is 6.12. The van der Waals surface area contributed by atoms with E-state index in [4.69, 9.17) is 4.74 Å². The molecule has 26 heavy (non-hydrogen) atoms. The van der Waals surface area contributed by atoms with E-state index in [1.807, 2.05) is 40.4 Å². The van der Waals surface area contributed by atoms with Gasteiger partial charge < -0.3 is 13.9 Å². The molecule has 2 aromatic carbocycles. The predicted octanol–water partition coefficient (Wildman–Crippen LogP) is 3.89. The van der Waals surface area contributed by atoms with E-state index in [0.29, 0.717) is 17.6 Å². The van der Waals surface area contributed by atoms with Crippen LogP contribution in [0.4, 0.5) is 4.39 Å². The maximum Gasteiger partial charge on any atom is 0.354 e. The van der Waals surface area contributed by atoms with Crippen LogP contribution in [0, 0.1) is 5.82 Å². The zero-order valence-corrected chi connectivity index (χ0v) is 14.6. The van der Waals surface area contributed by atoms with Crippen LogP contribution in [0.3, 0.4) is 0 Å². The molecular weight excluding hydrogens is 333 g/mol. The number of carbonyl (C=O) groups excluding carboxylic acids is 1. The number of imidazole rings is 1. The number of rotatable bonds is 4. The number of para-hydroxylation sites is 2. The summed E-state index contributed by atoms with van der Waals surface area (Å²) in [6.07, 6.45) is 0.